The number of aromatic nitrogens is 2. The molecule has 3 heterocycles. The molecule has 0 aliphatic carbocycles. The van der Waals surface area contributed by atoms with Crippen molar-refractivity contribution >= 4 is 5.91 Å². The summed E-state index contributed by atoms with van der Waals surface area (Å²) in [5, 5.41) is 4.33. The Morgan fingerprint density at radius 3 is 3.12 bits per heavy atom. The van der Waals surface area contributed by atoms with Crippen molar-refractivity contribution in [1.29, 1.82) is 0 Å². The van der Waals surface area contributed by atoms with Gasteiger partial charge in [0.1, 0.15) is 11.9 Å². The van der Waals surface area contributed by atoms with E-state index in [2.05, 4.69) is 24.2 Å². The predicted molar refractivity (Wildman–Crippen MR) is 95.5 cm³/mol. The summed E-state index contributed by atoms with van der Waals surface area (Å²) in [5.74, 6) is 1.24. The lowest BCUT2D eigenvalue weighted by Gasteiger charge is -2.20. The third-order valence-electron chi connectivity index (χ3n) is 5.29. The maximum Gasteiger partial charge on any atom is 0.223 e. The first-order valence-corrected chi connectivity index (χ1v) is 9.16. The zero-order valence-electron chi connectivity index (χ0n) is 15.0. The van der Waals surface area contributed by atoms with E-state index in [0.29, 0.717) is 13.0 Å². The number of rotatable bonds is 3. The highest BCUT2D eigenvalue weighted by Gasteiger charge is 2.22. The van der Waals surface area contributed by atoms with E-state index in [4.69, 9.17) is 4.74 Å². The van der Waals surface area contributed by atoms with Crippen molar-refractivity contribution in [3.63, 3.8) is 0 Å². The fraction of sp³-hybridized carbons (Fsp3) is 0.500. The quantitative estimate of drug-likeness (QED) is 0.864. The van der Waals surface area contributed by atoms with E-state index in [9.17, 15) is 4.79 Å². The molecule has 0 saturated heterocycles. The molecule has 1 amide bonds. The van der Waals surface area contributed by atoms with Crippen LogP contribution >= 0.6 is 0 Å². The molecular formula is C20H25N3O2. The molecule has 0 spiro atoms. The summed E-state index contributed by atoms with van der Waals surface area (Å²) >= 11 is 0. The van der Waals surface area contributed by atoms with E-state index < -0.39 is 0 Å². The van der Waals surface area contributed by atoms with Crippen LogP contribution in [0.4, 0.5) is 0 Å². The van der Waals surface area contributed by atoms with E-state index in [-0.39, 0.29) is 12.0 Å². The molecule has 0 bridgehead atoms. The number of hydrogen-bond acceptors (Lipinski definition) is 3. The monoisotopic (exact) mass is 339 g/mol. The van der Waals surface area contributed by atoms with Crippen molar-refractivity contribution in [1.82, 2.24) is 14.7 Å². The molecule has 1 atom stereocenters. The van der Waals surface area contributed by atoms with Crippen molar-refractivity contribution in [2.75, 3.05) is 6.54 Å². The SMILES string of the molecule is C[C@@H]1Cc2cc(CCC(=O)N3CCCc4c(cnn4C)C3)ccc2O1. The van der Waals surface area contributed by atoms with Crippen LogP contribution in [0.25, 0.3) is 0 Å². The van der Waals surface area contributed by atoms with E-state index in [0.717, 1.165) is 38.0 Å². The van der Waals surface area contributed by atoms with Gasteiger partial charge in [-0.15, -0.1) is 0 Å². The van der Waals surface area contributed by atoms with Crippen LogP contribution in [0.2, 0.25) is 0 Å². The van der Waals surface area contributed by atoms with Gasteiger partial charge in [0.05, 0.1) is 6.20 Å². The number of carbonyl (C=O) groups excluding carboxylic acids is 1. The van der Waals surface area contributed by atoms with Gasteiger partial charge >= 0.3 is 0 Å². The van der Waals surface area contributed by atoms with Crippen LogP contribution in [0.1, 0.15) is 42.1 Å². The molecule has 132 valence electrons. The predicted octanol–water partition coefficient (Wildman–Crippen LogP) is 2.65. The fourth-order valence-corrected chi connectivity index (χ4v) is 3.94. The van der Waals surface area contributed by atoms with Crippen LogP contribution in [0.3, 0.4) is 0 Å². The van der Waals surface area contributed by atoms with Gasteiger partial charge in [0.15, 0.2) is 0 Å². The summed E-state index contributed by atoms with van der Waals surface area (Å²) in [6.07, 6.45) is 6.49. The molecule has 0 N–H and O–H groups in total. The Kier molecular flexibility index (Phi) is 4.24. The summed E-state index contributed by atoms with van der Waals surface area (Å²) in [5.41, 5.74) is 4.95. The Morgan fingerprint density at radius 1 is 1.36 bits per heavy atom. The number of benzene rings is 1. The highest BCUT2D eigenvalue weighted by molar-refractivity contribution is 5.76. The summed E-state index contributed by atoms with van der Waals surface area (Å²) < 4.78 is 7.69. The average molecular weight is 339 g/mol. The number of ether oxygens (including phenoxy) is 1. The number of nitrogens with zero attached hydrogens (tertiary/aromatic N) is 3. The van der Waals surface area contributed by atoms with Crippen LogP contribution in [0.15, 0.2) is 24.4 Å². The lowest BCUT2D eigenvalue weighted by Crippen LogP contribution is -2.30. The second kappa shape index (κ2) is 6.54. The first kappa shape index (κ1) is 16.2. The summed E-state index contributed by atoms with van der Waals surface area (Å²) in [7, 11) is 1.98. The van der Waals surface area contributed by atoms with Crippen LogP contribution in [-0.2, 0) is 37.6 Å². The van der Waals surface area contributed by atoms with Crippen molar-refractivity contribution in [2.24, 2.45) is 7.05 Å². The molecule has 25 heavy (non-hydrogen) atoms. The molecular weight excluding hydrogens is 314 g/mol. The largest absolute Gasteiger partial charge is 0.490 e. The maximum atomic E-state index is 12.7. The minimum Gasteiger partial charge on any atom is -0.490 e. The minimum absolute atomic E-state index is 0.238. The first-order chi connectivity index (χ1) is 12.1. The molecule has 0 fully saturated rings. The Balaban J connectivity index is 1.39. The van der Waals surface area contributed by atoms with E-state index >= 15 is 0 Å². The summed E-state index contributed by atoms with van der Waals surface area (Å²) in [4.78, 5) is 14.7. The number of fused-ring (bicyclic) bond motifs is 2. The molecule has 1 aromatic carbocycles. The molecule has 0 radical (unpaired) electrons. The van der Waals surface area contributed by atoms with Gasteiger partial charge in [0, 0.05) is 44.2 Å². The van der Waals surface area contributed by atoms with Crippen LogP contribution < -0.4 is 4.74 Å². The highest BCUT2D eigenvalue weighted by Crippen LogP contribution is 2.29. The van der Waals surface area contributed by atoms with Gasteiger partial charge in [-0.3, -0.25) is 9.48 Å². The molecule has 2 aliphatic heterocycles. The number of amides is 1. The molecule has 0 unspecified atom stereocenters. The molecule has 2 aromatic rings. The van der Waals surface area contributed by atoms with Crippen molar-refractivity contribution in [3.8, 4) is 5.75 Å². The molecule has 5 nitrogen and oxygen atoms in total. The first-order valence-electron chi connectivity index (χ1n) is 9.16. The van der Waals surface area contributed by atoms with Gasteiger partial charge in [-0.2, -0.15) is 5.10 Å². The second-order valence-electron chi connectivity index (χ2n) is 7.23. The van der Waals surface area contributed by atoms with Gasteiger partial charge in [0.2, 0.25) is 5.91 Å². The van der Waals surface area contributed by atoms with Crippen LogP contribution in [0.5, 0.6) is 5.75 Å². The van der Waals surface area contributed by atoms with Crippen molar-refractivity contribution < 1.29 is 9.53 Å². The lowest BCUT2D eigenvalue weighted by molar-refractivity contribution is -0.131. The van der Waals surface area contributed by atoms with Gasteiger partial charge in [0.25, 0.3) is 0 Å². The molecule has 0 saturated carbocycles. The van der Waals surface area contributed by atoms with Crippen LogP contribution in [-0.4, -0.2) is 33.2 Å². The fourth-order valence-electron chi connectivity index (χ4n) is 3.94. The third-order valence-corrected chi connectivity index (χ3v) is 5.29. The van der Waals surface area contributed by atoms with Gasteiger partial charge < -0.3 is 9.64 Å². The summed E-state index contributed by atoms with van der Waals surface area (Å²) in [6, 6.07) is 6.34. The number of hydrogen-bond donors (Lipinski definition) is 0. The molecule has 2 aliphatic rings. The zero-order valence-corrected chi connectivity index (χ0v) is 15.0. The Bertz CT molecular complexity index is 796. The second-order valence-corrected chi connectivity index (χ2v) is 7.23. The van der Waals surface area contributed by atoms with Crippen molar-refractivity contribution in [2.45, 2.75) is 51.7 Å². The standard InChI is InChI=1S/C20H25N3O2/c1-14-10-16-11-15(5-7-19(16)25-14)6-8-20(24)23-9-3-4-18-17(13-23)12-21-22(18)2/h5,7,11-12,14H,3-4,6,8-10,13H2,1-2H3/t14-/m1/s1. The number of aryl methyl sites for hydroxylation is 2. The third kappa shape index (κ3) is 3.28. The Labute approximate surface area is 148 Å². The smallest absolute Gasteiger partial charge is 0.223 e. The normalized spacial score (nSPS) is 19.1. The Morgan fingerprint density at radius 2 is 2.24 bits per heavy atom. The minimum atomic E-state index is 0.238. The van der Waals surface area contributed by atoms with E-state index in [1.807, 2.05) is 28.9 Å². The van der Waals surface area contributed by atoms with E-state index in [1.165, 1.54) is 22.4 Å². The van der Waals surface area contributed by atoms with E-state index in [1.54, 1.807) is 0 Å². The number of carbonyl (C=O) groups is 1. The van der Waals surface area contributed by atoms with Gasteiger partial charge in [-0.25, -0.2) is 0 Å². The Hall–Kier alpha value is -2.30. The molecule has 4 rings (SSSR count). The molecule has 1 aromatic heterocycles. The highest BCUT2D eigenvalue weighted by atomic mass is 16.5. The van der Waals surface area contributed by atoms with Gasteiger partial charge in [-0.1, -0.05) is 12.1 Å². The summed E-state index contributed by atoms with van der Waals surface area (Å²) in [6.45, 7) is 3.62. The topological polar surface area (TPSA) is 47.4 Å². The zero-order chi connectivity index (χ0) is 17.4. The van der Waals surface area contributed by atoms with Gasteiger partial charge in [-0.05, 0) is 43.4 Å². The van der Waals surface area contributed by atoms with Crippen LogP contribution in [0, 0.1) is 0 Å². The lowest BCUT2D eigenvalue weighted by atomic mass is 10.0. The molecule has 5 heteroatoms. The maximum absolute atomic E-state index is 12.7. The average Bonchev–Trinajstić information content (AvgIpc) is 3.05. The van der Waals surface area contributed by atoms with Crippen molar-refractivity contribution in [3.05, 3.63) is 46.8 Å².